The highest BCUT2D eigenvalue weighted by atomic mass is 16.3. The van der Waals surface area contributed by atoms with E-state index >= 15 is 0 Å². The summed E-state index contributed by atoms with van der Waals surface area (Å²) < 4.78 is 0. The average molecular weight is 431 g/mol. The minimum absolute atomic E-state index is 0.119. The van der Waals surface area contributed by atoms with E-state index in [2.05, 4.69) is 94.2 Å². The lowest BCUT2D eigenvalue weighted by molar-refractivity contribution is 0.0792. The van der Waals surface area contributed by atoms with Crippen LogP contribution in [0.2, 0.25) is 0 Å². The lowest BCUT2D eigenvalue weighted by Gasteiger charge is -2.29. The minimum Gasteiger partial charge on any atom is -0.393 e. The van der Waals surface area contributed by atoms with Gasteiger partial charge in [-0.1, -0.05) is 60.7 Å². The Kier molecular flexibility index (Phi) is 7.40. The molecule has 1 atom stereocenters. The van der Waals surface area contributed by atoms with Crippen LogP contribution in [0.25, 0.3) is 10.8 Å². The molecule has 1 aliphatic heterocycles. The van der Waals surface area contributed by atoms with E-state index in [9.17, 15) is 5.11 Å². The second-order valence-electron chi connectivity index (χ2n) is 8.72. The van der Waals surface area contributed by atoms with Gasteiger partial charge in [0.15, 0.2) is 5.96 Å². The third kappa shape index (κ3) is 5.87. The van der Waals surface area contributed by atoms with Crippen LogP contribution in [0, 0.1) is 0 Å². The molecule has 1 fully saturated rings. The number of fused-ring (bicyclic) bond motifs is 1. The number of benzene rings is 3. The molecule has 3 aromatic rings. The molecular formula is C27H34N4O. The van der Waals surface area contributed by atoms with Crippen LogP contribution in [0.4, 0.5) is 0 Å². The number of guanidine groups is 1. The predicted octanol–water partition coefficient (Wildman–Crippen LogP) is 4.22. The molecule has 3 N–H and O–H groups in total. The van der Waals surface area contributed by atoms with Crippen LogP contribution < -0.4 is 10.6 Å². The van der Waals surface area contributed by atoms with Crippen molar-refractivity contribution in [1.82, 2.24) is 15.5 Å². The Morgan fingerprint density at radius 2 is 1.69 bits per heavy atom. The Labute approximate surface area is 191 Å². The number of hydrogen-bond donors (Lipinski definition) is 3. The first kappa shape index (κ1) is 22.3. The number of hydrogen-bond acceptors (Lipinski definition) is 3. The zero-order valence-corrected chi connectivity index (χ0v) is 19.1. The Morgan fingerprint density at radius 1 is 1.00 bits per heavy atom. The van der Waals surface area contributed by atoms with Crippen molar-refractivity contribution in [2.75, 3.05) is 20.1 Å². The van der Waals surface area contributed by atoms with Gasteiger partial charge in [-0.2, -0.15) is 0 Å². The predicted molar refractivity (Wildman–Crippen MR) is 133 cm³/mol. The molecule has 168 valence electrons. The Balaban J connectivity index is 1.29. The van der Waals surface area contributed by atoms with Gasteiger partial charge in [0.1, 0.15) is 0 Å². The monoisotopic (exact) mass is 430 g/mol. The normalized spacial score (nSPS) is 16.8. The summed E-state index contributed by atoms with van der Waals surface area (Å²) in [5, 5.41) is 19.1. The summed E-state index contributed by atoms with van der Waals surface area (Å²) in [4.78, 5) is 6.82. The van der Waals surface area contributed by atoms with Crippen molar-refractivity contribution in [1.29, 1.82) is 0 Å². The lowest BCUT2D eigenvalue weighted by Crippen LogP contribution is -2.38. The van der Waals surface area contributed by atoms with E-state index in [0.29, 0.717) is 0 Å². The van der Waals surface area contributed by atoms with Gasteiger partial charge in [-0.3, -0.25) is 9.89 Å². The van der Waals surface area contributed by atoms with E-state index in [1.54, 1.807) is 7.05 Å². The zero-order valence-electron chi connectivity index (χ0n) is 19.1. The second-order valence-corrected chi connectivity index (χ2v) is 8.72. The number of aliphatic hydroxyl groups is 1. The highest BCUT2D eigenvalue weighted by Gasteiger charge is 2.16. The average Bonchev–Trinajstić information content (AvgIpc) is 2.83. The van der Waals surface area contributed by atoms with Crippen molar-refractivity contribution in [3.63, 3.8) is 0 Å². The molecule has 0 saturated carbocycles. The number of piperidine rings is 1. The van der Waals surface area contributed by atoms with Crippen LogP contribution in [-0.4, -0.2) is 42.2 Å². The van der Waals surface area contributed by atoms with Crippen LogP contribution in [0.5, 0.6) is 0 Å². The Bertz CT molecular complexity index is 1040. The molecule has 0 amide bonds. The molecule has 0 aliphatic carbocycles. The van der Waals surface area contributed by atoms with Gasteiger partial charge in [0, 0.05) is 33.2 Å². The third-order valence-electron chi connectivity index (χ3n) is 6.30. The number of likely N-dealkylation sites (tertiary alicyclic amines) is 1. The maximum absolute atomic E-state index is 9.67. The van der Waals surface area contributed by atoms with Crippen LogP contribution in [-0.2, 0) is 13.1 Å². The van der Waals surface area contributed by atoms with Crippen LogP contribution in [0.3, 0.4) is 0 Å². The molecule has 0 bridgehead atoms. The summed E-state index contributed by atoms with van der Waals surface area (Å²) in [6.45, 7) is 5.78. The van der Waals surface area contributed by atoms with Crippen molar-refractivity contribution in [3.8, 4) is 0 Å². The topological polar surface area (TPSA) is 59.9 Å². The molecule has 5 heteroatoms. The van der Waals surface area contributed by atoms with Crippen LogP contribution in [0.1, 0.15) is 42.5 Å². The van der Waals surface area contributed by atoms with Gasteiger partial charge in [-0.05, 0) is 53.3 Å². The molecule has 1 heterocycles. The summed E-state index contributed by atoms with van der Waals surface area (Å²) in [5.74, 6) is 0.793. The van der Waals surface area contributed by atoms with Crippen molar-refractivity contribution in [3.05, 3.63) is 83.4 Å². The van der Waals surface area contributed by atoms with Crippen molar-refractivity contribution >= 4 is 16.7 Å². The molecule has 1 saturated heterocycles. The van der Waals surface area contributed by atoms with Gasteiger partial charge >= 0.3 is 0 Å². The summed E-state index contributed by atoms with van der Waals surface area (Å²) >= 11 is 0. The molecule has 32 heavy (non-hydrogen) atoms. The smallest absolute Gasteiger partial charge is 0.191 e. The molecular weight excluding hydrogens is 396 g/mol. The molecule has 3 aromatic carbocycles. The molecule has 0 aromatic heterocycles. The molecule has 5 nitrogen and oxygen atoms in total. The fraction of sp³-hybridized carbons (Fsp3) is 0.370. The second kappa shape index (κ2) is 10.6. The first-order valence-electron chi connectivity index (χ1n) is 11.5. The number of nitrogens with one attached hydrogen (secondary N) is 2. The Hall–Kier alpha value is -2.89. The van der Waals surface area contributed by atoms with E-state index < -0.39 is 0 Å². The van der Waals surface area contributed by atoms with Gasteiger partial charge in [-0.25, -0.2) is 0 Å². The first-order valence-corrected chi connectivity index (χ1v) is 11.5. The molecule has 1 aliphatic rings. The summed E-state index contributed by atoms with van der Waals surface area (Å²) in [6.07, 6.45) is 1.64. The molecule has 1 unspecified atom stereocenters. The number of nitrogens with zero attached hydrogens (tertiary/aromatic N) is 2. The minimum atomic E-state index is -0.119. The highest BCUT2D eigenvalue weighted by Crippen LogP contribution is 2.20. The standard InChI is InChI=1S/C27H34N4O/c1-20(24-12-11-23-5-3-4-6-25(23)17-24)30-27(28-2)29-18-21-7-9-22(10-8-21)19-31-15-13-26(32)14-16-31/h3-12,17,20,26,32H,13-16,18-19H2,1-2H3,(H2,28,29,30). The fourth-order valence-electron chi connectivity index (χ4n) is 4.24. The Morgan fingerprint density at radius 3 is 2.41 bits per heavy atom. The van der Waals surface area contributed by atoms with E-state index in [1.807, 2.05) is 0 Å². The zero-order chi connectivity index (χ0) is 22.3. The summed E-state index contributed by atoms with van der Waals surface area (Å²) in [5.41, 5.74) is 3.78. The largest absolute Gasteiger partial charge is 0.393 e. The molecule has 0 radical (unpaired) electrons. The van der Waals surface area contributed by atoms with Crippen LogP contribution >= 0.6 is 0 Å². The summed E-state index contributed by atoms with van der Waals surface area (Å²) in [6, 6.07) is 23.9. The van der Waals surface area contributed by atoms with E-state index in [0.717, 1.165) is 45.0 Å². The van der Waals surface area contributed by atoms with Gasteiger partial charge in [0.2, 0.25) is 0 Å². The maximum Gasteiger partial charge on any atom is 0.191 e. The van der Waals surface area contributed by atoms with Crippen molar-refractivity contribution in [2.24, 2.45) is 4.99 Å². The van der Waals surface area contributed by atoms with E-state index in [1.165, 1.54) is 27.5 Å². The fourth-order valence-corrected chi connectivity index (χ4v) is 4.24. The van der Waals surface area contributed by atoms with E-state index in [-0.39, 0.29) is 12.1 Å². The van der Waals surface area contributed by atoms with E-state index in [4.69, 9.17) is 0 Å². The van der Waals surface area contributed by atoms with Crippen molar-refractivity contribution in [2.45, 2.75) is 45.0 Å². The molecule has 0 spiro atoms. The highest BCUT2D eigenvalue weighted by molar-refractivity contribution is 5.84. The van der Waals surface area contributed by atoms with Gasteiger partial charge < -0.3 is 15.7 Å². The lowest BCUT2D eigenvalue weighted by atomic mass is 10.0. The third-order valence-corrected chi connectivity index (χ3v) is 6.30. The van der Waals surface area contributed by atoms with Gasteiger partial charge in [-0.15, -0.1) is 0 Å². The number of rotatable bonds is 6. The SMILES string of the molecule is CN=C(NCc1ccc(CN2CCC(O)CC2)cc1)NC(C)c1ccc2ccccc2c1. The van der Waals surface area contributed by atoms with Crippen molar-refractivity contribution < 1.29 is 5.11 Å². The van der Waals surface area contributed by atoms with Gasteiger partial charge in [0.25, 0.3) is 0 Å². The first-order chi connectivity index (χ1) is 15.6. The quantitative estimate of drug-likeness (QED) is 0.405. The van der Waals surface area contributed by atoms with Gasteiger partial charge in [0.05, 0.1) is 12.1 Å². The molecule has 4 rings (SSSR count). The van der Waals surface area contributed by atoms with Crippen LogP contribution in [0.15, 0.2) is 71.7 Å². The number of aliphatic imine (C=N–C) groups is 1. The summed E-state index contributed by atoms with van der Waals surface area (Å²) in [7, 11) is 1.81. The number of aliphatic hydroxyl groups excluding tert-OH is 1. The maximum atomic E-state index is 9.67.